The Balaban J connectivity index is 0.00000384. The molecule has 3 aliphatic rings. The van der Waals surface area contributed by atoms with Gasteiger partial charge in [0.25, 0.3) is 0 Å². The Morgan fingerprint density at radius 1 is 0.685 bits per heavy atom. The van der Waals surface area contributed by atoms with Crippen LogP contribution in [0.2, 0.25) is 0 Å². The number of fused-ring (bicyclic) bond motifs is 5. The van der Waals surface area contributed by atoms with Crippen LogP contribution >= 0.6 is 0 Å². The summed E-state index contributed by atoms with van der Waals surface area (Å²) >= 11 is 0. The molecule has 0 unspecified atom stereocenters. The molecule has 1 fully saturated rings. The first kappa shape index (κ1) is 35.2. The maximum absolute atomic E-state index is 6.68. The monoisotopic (exact) mass is 886 g/mol. The van der Waals surface area contributed by atoms with Crippen molar-refractivity contribution in [1.82, 2.24) is 14.5 Å². The van der Waals surface area contributed by atoms with Crippen molar-refractivity contribution in [3.8, 4) is 28.8 Å². The average molecular weight is 887 g/mol. The Labute approximate surface area is 333 Å². The molecule has 54 heavy (non-hydrogen) atoms. The van der Waals surface area contributed by atoms with Crippen LogP contribution in [0.4, 0.5) is 0 Å². The third-order valence-electron chi connectivity index (χ3n) is 13.6. The van der Waals surface area contributed by atoms with Gasteiger partial charge in [-0.1, -0.05) is 101 Å². The molecule has 3 aliphatic carbocycles. The van der Waals surface area contributed by atoms with Crippen molar-refractivity contribution in [2.45, 2.75) is 89.4 Å². The van der Waals surface area contributed by atoms with E-state index in [1.807, 2.05) is 30.3 Å². The van der Waals surface area contributed by atoms with Crippen molar-refractivity contribution in [3.63, 3.8) is 0 Å². The molecule has 0 amide bonds. The second kappa shape index (κ2) is 13.1. The predicted octanol–water partition coefficient (Wildman–Crippen LogP) is 12.0. The number of pyridine rings is 2. The second-order valence-corrected chi connectivity index (χ2v) is 16.8. The number of hydrogen-bond donors (Lipinski definition) is 0. The summed E-state index contributed by atoms with van der Waals surface area (Å²) in [7, 11) is 0. The number of ether oxygens (including phenoxy) is 1. The van der Waals surface area contributed by atoms with Gasteiger partial charge in [0, 0.05) is 17.6 Å². The Hall–Kier alpha value is -4.53. The van der Waals surface area contributed by atoms with Gasteiger partial charge in [-0.2, -0.15) is 29.2 Å². The van der Waals surface area contributed by atoms with E-state index in [-0.39, 0.29) is 37.3 Å². The molecule has 0 aliphatic heterocycles. The van der Waals surface area contributed by atoms with Gasteiger partial charge in [0.05, 0.1) is 0 Å². The maximum atomic E-state index is 6.68. The summed E-state index contributed by atoms with van der Waals surface area (Å²) in [6, 6.07) is 45.9. The summed E-state index contributed by atoms with van der Waals surface area (Å²) < 4.78 is 8.91. The number of benzene rings is 4. The standard InChI is InChI=1S/C49H45N3O.Pt/c1-47(2)39-21-12-13-22-40(39)48(3,4)49(47)30-35-29-45(51-46(38(35)31-49)33-18-9-6-10-19-33)53-44-25-15-24-43(50-44)52-41-23-14-11-20-36(41)37-28-34(26-27-42(37)52)32-16-7-5-8-17-32;/h6,9-15,18,20-22,24-29,32H,5,7-8,16-17,30-31H2,1-4H3;/q-2;+2. The molecule has 272 valence electrons. The van der Waals surface area contributed by atoms with E-state index in [2.05, 4.69) is 123 Å². The number of hydrogen-bond acceptors (Lipinski definition) is 3. The van der Waals surface area contributed by atoms with Crippen molar-refractivity contribution in [2.75, 3.05) is 0 Å². The first-order valence-corrected chi connectivity index (χ1v) is 19.5. The summed E-state index contributed by atoms with van der Waals surface area (Å²) in [5.41, 5.74) is 11.0. The molecule has 0 atom stereocenters. The van der Waals surface area contributed by atoms with Gasteiger partial charge in [0.2, 0.25) is 11.8 Å². The summed E-state index contributed by atoms with van der Waals surface area (Å²) in [6.07, 6.45) is 8.46. The number of rotatable bonds is 5. The summed E-state index contributed by atoms with van der Waals surface area (Å²) in [5.74, 6) is 2.53. The molecule has 4 nitrogen and oxygen atoms in total. The molecule has 0 N–H and O–H groups in total. The van der Waals surface area contributed by atoms with Crippen molar-refractivity contribution >= 4 is 21.8 Å². The van der Waals surface area contributed by atoms with Crippen molar-refractivity contribution in [2.24, 2.45) is 5.41 Å². The first-order valence-electron chi connectivity index (χ1n) is 19.5. The Morgan fingerprint density at radius 2 is 1.44 bits per heavy atom. The van der Waals surface area contributed by atoms with E-state index in [0.29, 0.717) is 17.7 Å². The van der Waals surface area contributed by atoms with Crippen LogP contribution in [0.5, 0.6) is 11.8 Å². The normalized spacial score (nSPS) is 18.1. The summed E-state index contributed by atoms with van der Waals surface area (Å²) in [5, 5.41) is 2.46. The van der Waals surface area contributed by atoms with Gasteiger partial charge in [-0.25, -0.2) is 0 Å². The zero-order valence-electron chi connectivity index (χ0n) is 31.5. The quantitative estimate of drug-likeness (QED) is 0.162. The van der Waals surface area contributed by atoms with Crippen LogP contribution in [-0.4, -0.2) is 14.5 Å². The minimum absolute atomic E-state index is 0. The van der Waals surface area contributed by atoms with Crippen LogP contribution in [0, 0.1) is 17.5 Å². The van der Waals surface area contributed by atoms with Crippen LogP contribution in [0.1, 0.15) is 93.5 Å². The van der Waals surface area contributed by atoms with E-state index in [9.17, 15) is 0 Å². The van der Waals surface area contributed by atoms with Crippen LogP contribution in [-0.2, 0) is 44.7 Å². The summed E-state index contributed by atoms with van der Waals surface area (Å²) in [6.45, 7) is 9.79. The zero-order valence-corrected chi connectivity index (χ0v) is 33.8. The Bertz CT molecular complexity index is 2510. The molecule has 5 heteroatoms. The van der Waals surface area contributed by atoms with Crippen LogP contribution < -0.4 is 4.74 Å². The van der Waals surface area contributed by atoms with Crippen LogP contribution in [0.25, 0.3) is 38.9 Å². The number of nitrogens with zero attached hydrogens (tertiary/aromatic N) is 3. The number of aromatic nitrogens is 3. The minimum Gasteiger partial charge on any atom is -0.421 e. The fourth-order valence-corrected chi connectivity index (χ4v) is 10.7. The van der Waals surface area contributed by atoms with Gasteiger partial charge in [-0.15, -0.1) is 41.3 Å². The number of para-hydroxylation sites is 1. The van der Waals surface area contributed by atoms with Crippen LogP contribution in [0.3, 0.4) is 0 Å². The third kappa shape index (κ3) is 5.19. The molecule has 0 saturated heterocycles. The average Bonchev–Trinajstić information content (AvgIpc) is 3.79. The van der Waals surface area contributed by atoms with Gasteiger partial charge in [0.15, 0.2) is 0 Å². The Morgan fingerprint density at radius 3 is 2.20 bits per heavy atom. The van der Waals surface area contributed by atoms with E-state index in [0.717, 1.165) is 41.0 Å². The smallest absolute Gasteiger partial charge is 0.421 e. The fourth-order valence-electron chi connectivity index (χ4n) is 10.7. The van der Waals surface area contributed by atoms with Gasteiger partial charge in [-0.3, -0.25) is 4.98 Å². The molecule has 1 spiro atoms. The van der Waals surface area contributed by atoms with E-state index >= 15 is 0 Å². The molecular formula is C49H45N3OPt. The molecule has 3 aromatic heterocycles. The molecule has 1 saturated carbocycles. The molecular weight excluding hydrogens is 842 g/mol. The van der Waals surface area contributed by atoms with E-state index in [4.69, 9.17) is 14.7 Å². The molecule has 0 bridgehead atoms. The van der Waals surface area contributed by atoms with Crippen molar-refractivity contribution in [1.29, 1.82) is 0 Å². The molecule has 10 rings (SSSR count). The first-order chi connectivity index (χ1) is 25.7. The van der Waals surface area contributed by atoms with E-state index < -0.39 is 0 Å². The van der Waals surface area contributed by atoms with Gasteiger partial charge >= 0.3 is 21.1 Å². The molecule has 4 aromatic carbocycles. The van der Waals surface area contributed by atoms with Gasteiger partial charge in [-0.05, 0) is 93.3 Å². The Kier molecular flexibility index (Phi) is 8.51. The van der Waals surface area contributed by atoms with Crippen LogP contribution in [0.15, 0.2) is 109 Å². The topological polar surface area (TPSA) is 39.9 Å². The zero-order chi connectivity index (χ0) is 36.0. The largest absolute Gasteiger partial charge is 2.00 e. The predicted molar refractivity (Wildman–Crippen MR) is 214 cm³/mol. The maximum Gasteiger partial charge on any atom is 2.00 e. The molecule has 3 heterocycles. The fraction of sp³-hybridized carbons (Fsp3) is 0.306. The molecule has 7 aromatic rings. The van der Waals surface area contributed by atoms with E-state index in [1.165, 1.54) is 70.7 Å². The van der Waals surface area contributed by atoms with E-state index in [1.54, 1.807) is 0 Å². The van der Waals surface area contributed by atoms with Crippen molar-refractivity contribution < 1.29 is 25.8 Å². The SMILES string of the molecule is CC1(C)c2ccccc2C(C)(C)C12Cc1cc(Oc3cccc(-n4c5[c-]cccc5c5cc(C6CCCCC6)ccc54)n3)nc(-c3[c-]cccc3)c1C2.[Pt+2]. The van der Waals surface area contributed by atoms with Gasteiger partial charge in [0.1, 0.15) is 5.82 Å². The minimum atomic E-state index is -0.0306. The molecule has 0 radical (unpaired) electrons. The third-order valence-corrected chi connectivity index (χ3v) is 13.6. The van der Waals surface area contributed by atoms with Crippen molar-refractivity contribution in [3.05, 3.63) is 149 Å². The summed E-state index contributed by atoms with van der Waals surface area (Å²) in [4.78, 5) is 10.4. The van der Waals surface area contributed by atoms with Gasteiger partial charge < -0.3 is 9.30 Å². The second-order valence-electron chi connectivity index (χ2n) is 16.8.